The molecule has 1 aromatic heterocycles. The average molecular weight is 637 g/mol. The number of carbonyl (C=O) groups excluding carboxylic acids is 1. The van der Waals surface area contributed by atoms with Crippen molar-refractivity contribution in [1.29, 1.82) is 0 Å². The molecule has 3 atom stereocenters. The van der Waals surface area contributed by atoms with Gasteiger partial charge in [0.2, 0.25) is 0 Å². The summed E-state index contributed by atoms with van der Waals surface area (Å²) in [5.41, 5.74) is 12.4. The van der Waals surface area contributed by atoms with Crippen LogP contribution in [0.25, 0.3) is 10.4 Å². The first-order valence-electron chi connectivity index (χ1n) is 13.2. The zero-order valence-electron chi connectivity index (χ0n) is 23.3. The number of rotatable bonds is 22. The maximum Gasteiger partial charge on any atom is 0.469 e. The van der Waals surface area contributed by atoms with E-state index < -0.39 is 49.9 Å². The van der Waals surface area contributed by atoms with Gasteiger partial charge in [0.05, 0.1) is 71.3 Å². The van der Waals surface area contributed by atoms with Crippen LogP contribution in [0.3, 0.4) is 0 Å². The van der Waals surface area contributed by atoms with Crippen LogP contribution in [-0.4, -0.2) is 108 Å². The highest BCUT2D eigenvalue weighted by atomic mass is 31.2. The molecule has 2 heterocycles. The van der Waals surface area contributed by atoms with E-state index >= 15 is 0 Å². The number of allylic oxidation sites excluding steroid dienone is 2. The van der Waals surface area contributed by atoms with Crippen LogP contribution in [0, 0.1) is 0 Å². The van der Waals surface area contributed by atoms with Crippen molar-refractivity contribution in [2.24, 2.45) is 10.8 Å². The molecule has 242 valence electrons. The second kappa shape index (κ2) is 19.4. The molecule has 0 aliphatic carbocycles. The third-order valence-electron chi connectivity index (χ3n) is 5.82. The molecule has 1 fully saturated rings. The summed E-state index contributed by atoms with van der Waals surface area (Å²) in [6, 6.07) is 0. The van der Waals surface area contributed by atoms with Crippen LogP contribution in [0.15, 0.2) is 32.7 Å². The third-order valence-corrected chi connectivity index (χ3v) is 6.30. The van der Waals surface area contributed by atoms with Crippen molar-refractivity contribution in [2.45, 2.75) is 37.7 Å². The quantitative estimate of drug-likeness (QED) is 0.0255. The van der Waals surface area contributed by atoms with E-state index in [9.17, 15) is 24.1 Å². The number of nitrogens with two attached hydrogens (primary N) is 1. The van der Waals surface area contributed by atoms with Crippen molar-refractivity contribution in [1.82, 2.24) is 9.55 Å². The number of ether oxygens (including phenoxy) is 5. The first kappa shape index (κ1) is 36.3. The fourth-order valence-electron chi connectivity index (χ4n) is 3.65. The van der Waals surface area contributed by atoms with E-state index in [1.807, 2.05) is 0 Å². The number of aromatic amines is 1. The van der Waals surface area contributed by atoms with Crippen LogP contribution in [0.4, 0.5) is 0 Å². The van der Waals surface area contributed by atoms with Crippen LogP contribution < -0.4 is 17.0 Å². The van der Waals surface area contributed by atoms with Gasteiger partial charge in [-0.1, -0.05) is 11.2 Å². The summed E-state index contributed by atoms with van der Waals surface area (Å²) >= 11 is 0. The molecule has 0 aromatic carbocycles. The molecule has 19 nitrogen and oxygen atoms in total. The predicted octanol–water partition coefficient (Wildman–Crippen LogP) is -0.985. The Morgan fingerprint density at radius 3 is 2.35 bits per heavy atom. The Kier molecular flexibility index (Phi) is 16.3. The molecule has 2 rings (SSSR count). The number of nitrogens with zero attached hydrogens (tertiary/aromatic N) is 4. The highest BCUT2D eigenvalue weighted by Gasteiger charge is 2.37. The number of azide groups is 1. The van der Waals surface area contributed by atoms with E-state index in [1.165, 1.54) is 12.3 Å². The van der Waals surface area contributed by atoms with Crippen LogP contribution >= 0.6 is 7.82 Å². The van der Waals surface area contributed by atoms with E-state index in [0.29, 0.717) is 39.6 Å². The summed E-state index contributed by atoms with van der Waals surface area (Å²) in [4.78, 5) is 59.3. The molecule has 6 N–H and O–H groups in total. The summed E-state index contributed by atoms with van der Waals surface area (Å²) in [6.07, 6.45) is -1.01. The Morgan fingerprint density at radius 2 is 1.74 bits per heavy atom. The lowest BCUT2D eigenvalue weighted by atomic mass is 10.1. The Balaban J connectivity index is 1.68. The molecular weight excluding hydrogens is 599 g/mol. The summed E-state index contributed by atoms with van der Waals surface area (Å²) < 4.78 is 43.0. The molecule has 1 aliphatic rings. The average Bonchev–Trinajstić information content (AvgIpc) is 3.32. The van der Waals surface area contributed by atoms with Gasteiger partial charge in [-0.3, -0.25) is 23.7 Å². The topological polar surface area (TPSA) is 280 Å². The maximum absolute atomic E-state index is 12.3. The van der Waals surface area contributed by atoms with Crippen molar-refractivity contribution in [3.05, 3.63) is 54.8 Å². The largest absolute Gasteiger partial charge is 0.469 e. The SMILES string of the molecule is [N-]=[N+]=NCCOCCOCCOCCOCCC(=O)C(N)=CCc1cn([C@H]2C[C@H](O)[C@@H](COP(=O)(O)O)O2)c(=O)[nH]c1=O. The molecular formula is C23H37N6O13P. The summed E-state index contributed by atoms with van der Waals surface area (Å²) in [5, 5.41) is 13.5. The monoisotopic (exact) mass is 636 g/mol. The van der Waals surface area contributed by atoms with E-state index in [2.05, 4.69) is 19.5 Å². The van der Waals surface area contributed by atoms with Gasteiger partial charge < -0.3 is 44.3 Å². The molecule has 0 radical (unpaired) electrons. The smallest absolute Gasteiger partial charge is 0.396 e. The summed E-state index contributed by atoms with van der Waals surface area (Å²) in [7, 11) is -4.79. The molecule has 20 heteroatoms. The van der Waals surface area contributed by atoms with Gasteiger partial charge in [-0.25, -0.2) is 9.36 Å². The number of phosphoric ester groups is 1. The summed E-state index contributed by atoms with van der Waals surface area (Å²) in [6.45, 7) is 2.10. The van der Waals surface area contributed by atoms with Gasteiger partial charge in [-0.05, 0) is 12.0 Å². The molecule has 43 heavy (non-hydrogen) atoms. The number of carbonyl (C=O) groups is 1. The summed E-state index contributed by atoms with van der Waals surface area (Å²) in [5.74, 6) is -0.407. The van der Waals surface area contributed by atoms with Crippen molar-refractivity contribution < 1.29 is 52.5 Å². The highest BCUT2D eigenvalue weighted by molar-refractivity contribution is 7.46. The number of aliphatic hydroxyl groups excluding tert-OH is 1. The molecule has 1 saturated heterocycles. The first-order valence-corrected chi connectivity index (χ1v) is 14.7. The van der Waals surface area contributed by atoms with Gasteiger partial charge in [0.1, 0.15) is 12.3 Å². The van der Waals surface area contributed by atoms with Gasteiger partial charge in [0.25, 0.3) is 5.56 Å². The van der Waals surface area contributed by atoms with E-state index in [0.717, 1.165) is 4.57 Å². The normalized spacial score (nSPS) is 19.0. The second-order valence-electron chi connectivity index (χ2n) is 8.98. The fourth-order valence-corrected chi connectivity index (χ4v) is 3.99. The van der Waals surface area contributed by atoms with Crippen LogP contribution in [0.5, 0.6) is 0 Å². The van der Waals surface area contributed by atoms with Crippen LogP contribution in [-0.2, 0) is 44.0 Å². The van der Waals surface area contributed by atoms with Gasteiger partial charge in [0.15, 0.2) is 5.78 Å². The van der Waals surface area contributed by atoms with Crippen molar-refractivity contribution in [3.63, 3.8) is 0 Å². The molecule has 0 unspecified atom stereocenters. The number of aromatic nitrogens is 2. The van der Waals surface area contributed by atoms with Crippen LogP contribution in [0.1, 0.15) is 24.6 Å². The third kappa shape index (κ3) is 14.4. The Bertz CT molecular complexity index is 1260. The molecule has 0 spiro atoms. The number of H-pyrrole nitrogens is 1. The number of nitrogens with one attached hydrogen (secondary N) is 1. The molecule has 0 amide bonds. The van der Waals surface area contributed by atoms with E-state index in [1.54, 1.807) is 0 Å². The molecule has 0 bridgehead atoms. The van der Waals surface area contributed by atoms with Crippen LogP contribution in [0.2, 0.25) is 0 Å². The number of phosphoric acid groups is 1. The van der Waals surface area contributed by atoms with E-state index in [-0.39, 0.29) is 50.3 Å². The number of hydrogen-bond acceptors (Lipinski definition) is 13. The minimum Gasteiger partial charge on any atom is -0.396 e. The van der Waals surface area contributed by atoms with E-state index in [4.69, 9.17) is 44.7 Å². The standard InChI is InChI=1S/C23H37N6O13P/c24-17(18(30)3-5-37-7-9-39-11-12-40-10-8-38-6-4-26-28-25)2-1-16-14-29(23(33)27-22(16)32)21-13-19(31)20(42-21)15-41-43(34,35)36/h2,14,19-21,31H,1,3-13,15,24H2,(H,27,32,33)(H2,34,35,36)/t19-,20+,21+/m0/s1. The van der Waals surface area contributed by atoms with Gasteiger partial charge >= 0.3 is 13.5 Å². The molecule has 1 aliphatic heterocycles. The predicted molar refractivity (Wildman–Crippen MR) is 147 cm³/mol. The maximum atomic E-state index is 12.3. The zero-order valence-corrected chi connectivity index (χ0v) is 24.2. The van der Waals surface area contributed by atoms with Crippen molar-refractivity contribution >= 4 is 13.6 Å². The highest BCUT2D eigenvalue weighted by Crippen LogP contribution is 2.38. The van der Waals surface area contributed by atoms with Crippen molar-refractivity contribution in [2.75, 3.05) is 66.0 Å². The van der Waals surface area contributed by atoms with Gasteiger partial charge in [0, 0.05) is 36.1 Å². The number of aliphatic hydroxyl groups is 1. The fraction of sp³-hybridized carbons (Fsp3) is 0.696. The number of Topliss-reactive ketones (excluding diaryl/α,β-unsaturated/α-hetero) is 1. The Morgan fingerprint density at radius 1 is 1.14 bits per heavy atom. The number of hydrogen-bond donors (Lipinski definition) is 5. The molecule has 0 saturated carbocycles. The first-order chi connectivity index (χ1) is 20.5. The Hall–Kier alpha value is -2.93. The second-order valence-corrected chi connectivity index (χ2v) is 10.2. The lowest BCUT2D eigenvalue weighted by molar-refractivity contribution is -0.116. The lowest BCUT2D eigenvalue weighted by Gasteiger charge is -2.16. The van der Waals surface area contributed by atoms with Gasteiger partial charge in [-0.15, -0.1) is 0 Å². The molecule has 1 aromatic rings. The minimum atomic E-state index is -4.79. The van der Waals surface area contributed by atoms with Crippen molar-refractivity contribution in [3.8, 4) is 0 Å². The number of ketones is 1. The van der Waals surface area contributed by atoms with Gasteiger partial charge in [-0.2, -0.15) is 0 Å². The Labute approximate surface area is 245 Å². The minimum absolute atomic E-state index is 0.00709. The zero-order chi connectivity index (χ0) is 31.7. The lowest BCUT2D eigenvalue weighted by Crippen LogP contribution is -2.34.